The van der Waals surface area contributed by atoms with Gasteiger partial charge in [0, 0.05) is 42.5 Å². The van der Waals surface area contributed by atoms with Crippen LogP contribution >= 0.6 is 11.8 Å². The van der Waals surface area contributed by atoms with Gasteiger partial charge in [0.1, 0.15) is 0 Å². The first-order valence-corrected chi connectivity index (χ1v) is 10.1. The van der Waals surface area contributed by atoms with Crippen molar-refractivity contribution in [1.29, 1.82) is 0 Å². The molecule has 4 rings (SSSR count). The normalized spacial score (nSPS) is 18.3. The first-order valence-electron chi connectivity index (χ1n) is 9.08. The molecule has 27 heavy (non-hydrogen) atoms. The maximum Gasteiger partial charge on any atom is 0.266 e. The van der Waals surface area contributed by atoms with Crippen LogP contribution in [-0.2, 0) is 11.3 Å². The van der Waals surface area contributed by atoms with Crippen LogP contribution in [0.25, 0.3) is 0 Å². The van der Waals surface area contributed by atoms with Crippen molar-refractivity contribution in [3.05, 3.63) is 50.3 Å². The summed E-state index contributed by atoms with van der Waals surface area (Å²) in [5, 5.41) is 7.88. The fourth-order valence-electron chi connectivity index (χ4n) is 3.18. The van der Waals surface area contributed by atoms with E-state index in [0.29, 0.717) is 35.5 Å². The minimum Gasteiger partial charge on any atom is -0.354 e. The quantitative estimate of drug-likeness (QED) is 0.738. The Labute approximate surface area is 160 Å². The van der Waals surface area contributed by atoms with Gasteiger partial charge >= 0.3 is 0 Å². The molecule has 0 saturated heterocycles. The maximum absolute atomic E-state index is 12.3. The highest BCUT2D eigenvalue weighted by Gasteiger charge is 2.28. The van der Waals surface area contributed by atoms with Crippen molar-refractivity contribution in [3.63, 3.8) is 0 Å². The van der Waals surface area contributed by atoms with Crippen LogP contribution in [0.15, 0.2) is 33.1 Å². The Morgan fingerprint density at radius 1 is 1.33 bits per heavy atom. The van der Waals surface area contributed by atoms with Gasteiger partial charge in [-0.05, 0) is 25.8 Å². The molecule has 1 aliphatic carbocycles. The molecule has 0 aromatic carbocycles. The van der Waals surface area contributed by atoms with Crippen LogP contribution in [-0.4, -0.2) is 37.5 Å². The van der Waals surface area contributed by atoms with Crippen molar-refractivity contribution < 1.29 is 4.79 Å². The Balaban J connectivity index is 1.34. The zero-order valence-corrected chi connectivity index (χ0v) is 15.9. The molecule has 1 saturated carbocycles. The minimum absolute atomic E-state index is 0.0876. The SMILES string of the molecule is Cc1cnc2n(c1=O)[C@H](CC(=O)NCCn1nc(C3CC3)ccc1=O)CS2. The number of thioether (sulfide) groups is 1. The molecule has 0 unspecified atom stereocenters. The molecule has 3 heterocycles. The maximum atomic E-state index is 12.3. The number of amides is 1. The first-order chi connectivity index (χ1) is 13.0. The molecular weight excluding hydrogens is 366 g/mol. The first kappa shape index (κ1) is 18.0. The van der Waals surface area contributed by atoms with E-state index < -0.39 is 0 Å². The van der Waals surface area contributed by atoms with Gasteiger partial charge in [-0.25, -0.2) is 9.67 Å². The monoisotopic (exact) mass is 387 g/mol. The van der Waals surface area contributed by atoms with E-state index in [4.69, 9.17) is 0 Å². The van der Waals surface area contributed by atoms with Crippen molar-refractivity contribution in [1.82, 2.24) is 24.6 Å². The molecule has 1 aliphatic heterocycles. The molecule has 2 aromatic heterocycles. The van der Waals surface area contributed by atoms with Gasteiger partial charge in [-0.2, -0.15) is 5.10 Å². The average Bonchev–Trinajstić information content (AvgIpc) is 3.42. The fraction of sp³-hybridized carbons (Fsp3) is 0.500. The lowest BCUT2D eigenvalue weighted by Crippen LogP contribution is -2.34. The molecule has 0 radical (unpaired) electrons. The van der Waals surface area contributed by atoms with Crippen molar-refractivity contribution in [2.45, 2.75) is 49.8 Å². The van der Waals surface area contributed by atoms with E-state index in [1.165, 1.54) is 22.5 Å². The van der Waals surface area contributed by atoms with Gasteiger partial charge in [0.25, 0.3) is 11.1 Å². The smallest absolute Gasteiger partial charge is 0.266 e. The Morgan fingerprint density at radius 3 is 2.93 bits per heavy atom. The molecule has 0 bridgehead atoms. The van der Waals surface area contributed by atoms with Crippen LogP contribution in [0.2, 0.25) is 0 Å². The zero-order chi connectivity index (χ0) is 19.0. The van der Waals surface area contributed by atoms with E-state index >= 15 is 0 Å². The second-order valence-corrected chi connectivity index (χ2v) is 8.00. The van der Waals surface area contributed by atoms with Crippen LogP contribution < -0.4 is 16.4 Å². The molecule has 1 atom stereocenters. The number of nitrogens with one attached hydrogen (secondary N) is 1. The van der Waals surface area contributed by atoms with Crippen LogP contribution in [0.4, 0.5) is 0 Å². The van der Waals surface area contributed by atoms with Gasteiger partial charge in [-0.3, -0.25) is 19.0 Å². The summed E-state index contributed by atoms with van der Waals surface area (Å²) >= 11 is 1.49. The van der Waals surface area contributed by atoms with Crippen molar-refractivity contribution >= 4 is 17.7 Å². The summed E-state index contributed by atoms with van der Waals surface area (Å²) in [6, 6.07) is 3.14. The summed E-state index contributed by atoms with van der Waals surface area (Å²) in [5.74, 6) is 0.985. The van der Waals surface area contributed by atoms with Crippen molar-refractivity contribution in [2.24, 2.45) is 0 Å². The number of carbonyl (C=O) groups excluding carboxylic acids is 1. The summed E-state index contributed by atoms with van der Waals surface area (Å²) in [6.45, 7) is 2.39. The number of carbonyl (C=O) groups is 1. The number of rotatable bonds is 6. The van der Waals surface area contributed by atoms with Gasteiger partial charge in [0.05, 0.1) is 18.3 Å². The highest BCUT2D eigenvalue weighted by molar-refractivity contribution is 7.99. The molecule has 1 fully saturated rings. The third kappa shape index (κ3) is 3.83. The van der Waals surface area contributed by atoms with Crippen LogP contribution in [0, 0.1) is 6.92 Å². The molecular formula is C18H21N5O3S. The second kappa shape index (κ2) is 7.30. The lowest BCUT2D eigenvalue weighted by atomic mass is 10.2. The second-order valence-electron chi connectivity index (χ2n) is 7.01. The molecule has 0 spiro atoms. The Hall–Kier alpha value is -2.42. The van der Waals surface area contributed by atoms with E-state index in [1.807, 2.05) is 0 Å². The number of fused-ring (bicyclic) bond motifs is 1. The van der Waals surface area contributed by atoms with Crippen LogP contribution in [0.5, 0.6) is 0 Å². The van der Waals surface area contributed by atoms with E-state index in [-0.39, 0.29) is 29.5 Å². The van der Waals surface area contributed by atoms with E-state index in [1.54, 1.807) is 23.8 Å². The fourth-order valence-corrected chi connectivity index (χ4v) is 4.29. The lowest BCUT2D eigenvalue weighted by Gasteiger charge is -2.14. The van der Waals surface area contributed by atoms with Gasteiger partial charge in [-0.1, -0.05) is 11.8 Å². The third-order valence-corrected chi connectivity index (χ3v) is 5.96. The number of hydrogen-bond acceptors (Lipinski definition) is 6. The molecule has 2 aliphatic rings. The highest BCUT2D eigenvalue weighted by Crippen LogP contribution is 2.38. The van der Waals surface area contributed by atoms with E-state index in [9.17, 15) is 14.4 Å². The Morgan fingerprint density at radius 2 is 2.15 bits per heavy atom. The molecule has 9 heteroatoms. The largest absolute Gasteiger partial charge is 0.354 e. The molecule has 142 valence electrons. The van der Waals surface area contributed by atoms with E-state index in [2.05, 4.69) is 15.4 Å². The predicted molar refractivity (Wildman–Crippen MR) is 101 cm³/mol. The van der Waals surface area contributed by atoms with Gasteiger partial charge < -0.3 is 5.32 Å². The number of hydrogen-bond donors (Lipinski definition) is 1. The summed E-state index contributed by atoms with van der Waals surface area (Å²) in [5.41, 5.74) is 1.27. The van der Waals surface area contributed by atoms with Crippen molar-refractivity contribution in [2.75, 3.05) is 12.3 Å². The Kier molecular flexibility index (Phi) is 4.86. The lowest BCUT2D eigenvalue weighted by molar-refractivity contribution is -0.121. The number of aryl methyl sites for hydroxylation is 1. The predicted octanol–water partition coefficient (Wildman–Crippen LogP) is 0.839. The summed E-state index contributed by atoms with van der Waals surface area (Å²) in [6.07, 6.45) is 4.03. The van der Waals surface area contributed by atoms with Crippen molar-refractivity contribution in [3.8, 4) is 0 Å². The standard InChI is InChI=1S/C18H21N5O3S/c1-11-9-20-18-23(17(11)26)13(10-27-18)8-15(24)19-6-7-22-16(25)5-4-14(21-22)12-2-3-12/h4-5,9,12-13H,2-3,6-8,10H2,1H3,(H,19,24)/t13-/m1/s1. The molecule has 1 amide bonds. The number of nitrogens with zero attached hydrogens (tertiary/aromatic N) is 4. The topological polar surface area (TPSA) is 98.9 Å². The average molecular weight is 387 g/mol. The van der Waals surface area contributed by atoms with Crippen LogP contribution in [0.1, 0.15) is 42.5 Å². The van der Waals surface area contributed by atoms with Gasteiger partial charge in [0.15, 0.2) is 5.16 Å². The molecule has 8 nitrogen and oxygen atoms in total. The van der Waals surface area contributed by atoms with Gasteiger partial charge in [0.2, 0.25) is 5.91 Å². The molecule has 2 aromatic rings. The Bertz CT molecular complexity index is 995. The summed E-state index contributed by atoms with van der Waals surface area (Å²) in [4.78, 5) is 40.8. The van der Waals surface area contributed by atoms with E-state index in [0.717, 1.165) is 18.5 Å². The zero-order valence-electron chi connectivity index (χ0n) is 15.1. The van der Waals surface area contributed by atoms with Crippen LogP contribution in [0.3, 0.4) is 0 Å². The third-order valence-electron chi connectivity index (χ3n) is 4.85. The highest BCUT2D eigenvalue weighted by atomic mass is 32.2. The summed E-state index contributed by atoms with van der Waals surface area (Å²) in [7, 11) is 0. The molecule has 1 N–H and O–H groups in total. The summed E-state index contributed by atoms with van der Waals surface area (Å²) < 4.78 is 3.02. The van der Waals surface area contributed by atoms with Gasteiger partial charge in [-0.15, -0.1) is 0 Å². The number of aromatic nitrogens is 4. The minimum atomic E-state index is -0.191.